The van der Waals surface area contributed by atoms with Crippen LogP contribution >= 0.6 is 12.4 Å². The largest absolute Gasteiger partial charge is 0.366 e. The van der Waals surface area contributed by atoms with Crippen LogP contribution in [0.15, 0.2) is 18.2 Å². The SMILES string of the molecule is Cl.NC(=O)c1ccc(CN2CCC(N)CC2)c([N+](=O)[O-])c1. The molecule has 0 spiro atoms. The van der Waals surface area contributed by atoms with Gasteiger partial charge in [0.25, 0.3) is 5.69 Å². The van der Waals surface area contributed by atoms with Gasteiger partial charge in [-0.3, -0.25) is 19.8 Å². The van der Waals surface area contributed by atoms with Gasteiger partial charge in [-0.05, 0) is 32.0 Å². The Balaban J connectivity index is 0.00000220. The van der Waals surface area contributed by atoms with Crippen molar-refractivity contribution in [3.8, 4) is 0 Å². The molecule has 0 aromatic heterocycles. The molecule has 0 aliphatic carbocycles. The first-order valence-electron chi connectivity index (χ1n) is 6.52. The van der Waals surface area contributed by atoms with E-state index in [2.05, 4.69) is 4.90 Å². The molecule has 0 atom stereocenters. The van der Waals surface area contributed by atoms with Crippen LogP contribution in [0.1, 0.15) is 28.8 Å². The predicted molar refractivity (Wildman–Crippen MR) is 81.3 cm³/mol. The van der Waals surface area contributed by atoms with Gasteiger partial charge in [0.15, 0.2) is 0 Å². The van der Waals surface area contributed by atoms with Gasteiger partial charge >= 0.3 is 0 Å². The first-order valence-corrected chi connectivity index (χ1v) is 6.52. The Morgan fingerprint density at radius 3 is 2.52 bits per heavy atom. The van der Waals surface area contributed by atoms with Crippen LogP contribution in [-0.2, 0) is 6.54 Å². The Labute approximate surface area is 128 Å². The molecule has 116 valence electrons. The zero-order chi connectivity index (χ0) is 14.7. The van der Waals surface area contributed by atoms with Crippen LogP contribution in [-0.4, -0.2) is 34.9 Å². The molecule has 0 bridgehead atoms. The van der Waals surface area contributed by atoms with Crippen LogP contribution in [0.3, 0.4) is 0 Å². The van der Waals surface area contributed by atoms with Crippen molar-refractivity contribution in [2.45, 2.75) is 25.4 Å². The van der Waals surface area contributed by atoms with Gasteiger partial charge in [0, 0.05) is 29.8 Å². The van der Waals surface area contributed by atoms with E-state index in [9.17, 15) is 14.9 Å². The fraction of sp³-hybridized carbons (Fsp3) is 0.462. The third kappa shape index (κ3) is 4.38. The van der Waals surface area contributed by atoms with Crippen molar-refractivity contribution >= 4 is 24.0 Å². The number of hydrogen-bond acceptors (Lipinski definition) is 5. The smallest absolute Gasteiger partial charge is 0.274 e. The van der Waals surface area contributed by atoms with Crippen LogP contribution in [0.2, 0.25) is 0 Å². The second-order valence-corrected chi connectivity index (χ2v) is 5.08. The van der Waals surface area contributed by atoms with Crippen LogP contribution in [0, 0.1) is 10.1 Å². The number of nitro groups is 1. The number of nitrogens with two attached hydrogens (primary N) is 2. The van der Waals surface area contributed by atoms with E-state index in [0.717, 1.165) is 25.9 Å². The highest BCUT2D eigenvalue weighted by Crippen LogP contribution is 2.23. The van der Waals surface area contributed by atoms with Crippen molar-refractivity contribution in [1.82, 2.24) is 4.90 Å². The number of likely N-dealkylation sites (tertiary alicyclic amines) is 1. The molecule has 1 amide bonds. The second kappa shape index (κ2) is 7.35. The summed E-state index contributed by atoms with van der Waals surface area (Å²) in [5, 5.41) is 11.1. The Morgan fingerprint density at radius 2 is 2.00 bits per heavy atom. The first-order chi connectivity index (χ1) is 9.47. The lowest BCUT2D eigenvalue weighted by Gasteiger charge is -2.29. The van der Waals surface area contributed by atoms with Crippen LogP contribution in [0.25, 0.3) is 0 Å². The highest BCUT2D eigenvalue weighted by atomic mass is 35.5. The molecular formula is C13H19ClN4O3. The van der Waals surface area contributed by atoms with E-state index in [-0.39, 0.29) is 29.7 Å². The molecule has 1 aliphatic heterocycles. The van der Waals surface area contributed by atoms with Crippen molar-refractivity contribution in [3.63, 3.8) is 0 Å². The van der Waals surface area contributed by atoms with Gasteiger partial charge in [0.1, 0.15) is 0 Å². The fourth-order valence-electron chi connectivity index (χ4n) is 2.37. The summed E-state index contributed by atoms with van der Waals surface area (Å²) in [5.41, 5.74) is 11.7. The molecule has 1 aliphatic rings. The number of nitro benzene ring substituents is 1. The third-order valence-corrected chi connectivity index (χ3v) is 3.59. The summed E-state index contributed by atoms with van der Waals surface area (Å²) in [7, 11) is 0. The molecule has 2 rings (SSSR count). The predicted octanol–water partition coefficient (Wildman–Crippen LogP) is 1.04. The lowest BCUT2D eigenvalue weighted by molar-refractivity contribution is -0.385. The number of carbonyl (C=O) groups excluding carboxylic acids is 1. The average molecular weight is 315 g/mol. The Hall–Kier alpha value is -1.70. The summed E-state index contributed by atoms with van der Waals surface area (Å²) in [4.78, 5) is 23.9. The molecular weight excluding hydrogens is 296 g/mol. The lowest BCUT2D eigenvalue weighted by atomic mass is 10.0. The molecule has 1 aromatic rings. The number of nitrogens with zero attached hydrogens (tertiary/aromatic N) is 2. The molecule has 0 unspecified atom stereocenters. The zero-order valence-corrected chi connectivity index (χ0v) is 12.3. The van der Waals surface area contributed by atoms with Gasteiger partial charge in [-0.15, -0.1) is 12.4 Å². The van der Waals surface area contributed by atoms with E-state index < -0.39 is 10.8 Å². The van der Waals surface area contributed by atoms with Crippen LogP contribution < -0.4 is 11.5 Å². The standard InChI is InChI=1S/C13H18N4O3.ClH/c14-11-3-5-16(6-4-11)8-10-2-1-9(13(15)18)7-12(10)17(19)20;/h1-2,7,11H,3-6,8,14H2,(H2,15,18);1H. The molecule has 4 N–H and O–H groups in total. The molecule has 7 nitrogen and oxygen atoms in total. The van der Waals surface area contributed by atoms with E-state index in [0.29, 0.717) is 12.1 Å². The minimum atomic E-state index is -0.663. The number of hydrogen-bond donors (Lipinski definition) is 2. The first kappa shape index (κ1) is 17.4. The van der Waals surface area contributed by atoms with Gasteiger partial charge in [-0.25, -0.2) is 0 Å². The van der Waals surface area contributed by atoms with Crippen molar-refractivity contribution in [1.29, 1.82) is 0 Å². The summed E-state index contributed by atoms with van der Waals surface area (Å²) < 4.78 is 0. The van der Waals surface area contributed by atoms with Gasteiger partial charge in [-0.2, -0.15) is 0 Å². The number of primary amides is 1. The highest BCUT2D eigenvalue weighted by molar-refractivity contribution is 5.93. The average Bonchev–Trinajstić information content (AvgIpc) is 2.41. The van der Waals surface area contributed by atoms with E-state index in [4.69, 9.17) is 11.5 Å². The normalized spacial score (nSPS) is 16.2. The Bertz CT molecular complexity index is 530. The maximum Gasteiger partial charge on any atom is 0.274 e. The Morgan fingerprint density at radius 1 is 1.38 bits per heavy atom. The minimum absolute atomic E-state index is 0. The van der Waals surface area contributed by atoms with E-state index >= 15 is 0 Å². The zero-order valence-electron chi connectivity index (χ0n) is 11.5. The highest BCUT2D eigenvalue weighted by Gasteiger charge is 2.21. The van der Waals surface area contributed by atoms with Gasteiger partial charge < -0.3 is 11.5 Å². The van der Waals surface area contributed by atoms with Crippen molar-refractivity contribution in [2.24, 2.45) is 11.5 Å². The maximum atomic E-state index is 11.1. The molecule has 1 saturated heterocycles. The van der Waals surface area contributed by atoms with Gasteiger partial charge in [-0.1, -0.05) is 6.07 Å². The fourth-order valence-corrected chi connectivity index (χ4v) is 2.37. The summed E-state index contributed by atoms with van der Waals surface area (Å²) in [6.07, 6.45) is 1.79. The molecule has 1 aromatic carbocycles. The molecule has 0 saturated carbocycles. The number of rotatable bonds is 4. The quantitative estimate of drug-likeness (QED) is 0.636. The number of benzene rings is 1. The third-order valence-electron chi connectivity index (χ3n) is 3.59. The maximum absolute atomic E-state index is 11.1. The van der Waals surface area contributed by atoms with Crippen molar-refractivity contribution in [2.75, 3.05) is 13.1 Å². The van der Waals surface area contributed by atoms with E-state index in [1.807, 2.05) is 0 Å². The molecule has 1 fully saturated rings. The van der Waals surface area contributed by atoms with Crippen LogP contribution in [0.5, 0.6) is 0 Å². The summed E-state index contributed by atoms with van der Waals surface area (Å²) in [5.74, 6) is -0.663. The lowest BCUT2D eigenvalue weighted by Crippen LogP contribution is -2.39. The number of carbonyl (C=O) groups is 1. The van der Waals surface area contributed by atoms with E-state index in [1.165, 1.54) is 12.1 Å². The molecule has 8 heteroatoms. The minimum Gasteiger partial charge on any atom is -0.366 e. The topological polar surface area (TPSA) is 115 Å². The van der Waals surface area contributed by atoms with Crippen molar-refractivity contribution < 1.29 is 9.72 Å². The molecule has 1 heterocycles. The van der Waals surface area contributed by atoms with Gasteiger partial charge in [0.05, 0.1) is 4.92 Å². The summed E-state index contributed by atoms with van der Waals surface area (Å²) in [6, 6.07) is 4.60. The number of halogens is 1. The number of piperidine rings is 1. The summed E-state index contributed by atoms with van der Waals surface area (Å²) >= 11 is 0. The van der Waals surface area contributed by atoms with Crippen LogP contribution in [0.4, 0.5) is 5.69 Å². The van der Waals surface area contributed by atoms with Gasteiger partial charge in [0.2, 0.25) is 5.91 Å². The monoisotopic (exact) mass is 314 g/mol. The van der Waals surface area contributed by atoms with Crippen molar-refractivity contribution in [3.05, 3.63) is 39.4 Å². The molecule has 21 heavy (non-hydrogen) atoms. The molecule has 0 radical (unpaired) electrons. The van der Waals surface area contributed by atoms with E-state index in [1.54, 1.807) is 6.07 Å². The Kier molecular flexibility index (Phi) is 6.07. The second-order valence-electron chi connectivity index (χ2n) is 5.08. The summed E-state index contributed by atoms with van der Waals surface area (Å²) in [6.45, 7) is 2.15. The number of amides is 1.